The van der Waals surface area contributed by atoms with Gasteiger partial charge in [-0.3, -0.25) is 9.78 Å². The fourth-order valence-corrected chi connectivity index (χ4v) is 1.44. The summed E-state index contributed by atoms with van der Waals surface area (Å²) in [6, 6.07) is 4.96. The van der Waals surface area contributed by atoms with Crippen molar-refractivity contribution >= 4 is 0 Å². The van der Waals surface area contributed by atoms with Crippen LogP contribution in [-0.2, 0) is 0 Å². The Labute approximate surface area is 94.8 Å². The molecule has 0 fully saturated rings. The lowest BCUT2D eigenvalue weighted by Gasteiger charge is -2.08. The van der Waals surface area contributed by atoms with Gasteiger partial charge in [0.25, 0.3) is 5.56 Å². The zero-order valence-corrected chi connectivity index (χ0v) is 8.90. The number of hydrogen-bond donors (Lipinski definition) is 2. The number of H-pyrrole nitrogens is 1. The summed E-state index contributed by atoms with van der Waals surface area (Å²) in [5.41, 5.74) is -1.13. The maximum atomic E-state index is 12.7. The molecular formula is C11H9FN2O3. The molecular weight excluding hydrogens is 227 g/mol. The van der Waals surface area contributed by atoms with E-state index >= 15 is 0 Å². The lowest BCUT2D eigenvalue weighted by Crippen LogP contribution is -2.30. The third-order valence-corrected chi connectivity index (χ3v) is 2.40. The molecule has 0 aliphatic rings. The van der Waals surface area contributed by atoms with Gasteiger partial charge in [0.2, 0.25) is 5.88 Å². The molecule has 2 aromatic rings. The van der Waals surface area contributed by atoms with Crippen molar-refractivity contribution in [3.63, 3.8) is 0 Å². The highest BCUT2D eigenvalue weighted by Gasteiger charge is 2.11. The number of rotatable bonds is 1. The molecule has 0 aliphatic heterocycles. The van der Waals surface area contributed by atoms with Crippen molar-refractivity contribution in [3.8, 4) is 11.6 Å². The number of aromatic nitrogens is 2. The van der Waals surface area contributed by atoms with Crippen LogP contribution >= 0.6 is 0 Å². The molecule has 1 aromatic heterocycles. The van der Waals surface area contributed by atoms with Crippen molar-refractivity contribution < 1.29 is 9.50 Å². The number of benzene rings is 1. The minimum absolute atomic E-state index is 0.0222. The standard InChI is InChI=1S/C11H9FN2O3/c1-6-9(15)13-11(17)14(10(6)16)8-4-2-7(12)3-5-8/h2-5,16H,1H3,(H,13,15,17). The summed E-state index contributed by atoms with van der Waals surface area (Å²) in [5, 5.41) is 9.73. The van der Waals surface area contributed by atoms with E-state index in [4.69, 9.17) is 0 Å². The number of halogens is 1. The summed E-state index contributed by atoms with van der Waals surface area (Å²) >= 11 is 0. The molecule has 88 valence electrons. The summed E-state index contributed by atoms with van der Waals surface area (Å²) < 4.78 is 13.6. The maximum absolute atomic E-state index is 12.7. The van der Waals surface area contributed by atoms with E-state index in [1.165, 1.54) is 19.1 Å². The molecule has 2 rings (SSSR count). The van der Waals surface area contributed by atoms with Crippen molar-refractivity contribution in [2.45, 2.75) is 6.92 Å². The van der Waals surface area contributed by atoms with E-state index in [1.807, 2.05) is 0 Å². The number of aromatic amines is 1. The van der Waals surface area contributed by atoms with E-state index in [0.717, 1.165) is 16.7 Å². The van der Waals surface area contributed by atoms with Crippen LogP contribution in [0, 0.1) is 12.7 Å². The minimum atomic E-state index is -0.773. The normalized spacial score (nSPS) is 10.5. The highest BCUT2D eigenvalue weighted by Crippen LogP contribution is 2.15. The molecule has 6 heteroatoms. The topological polar surface area (TPSA) is 75.1 Å². The number of nitrogens with zero attached hydrogens (tertiary/aromatic N) is 1. The summed E-state index contributed by atoms with van der Waals surface area (Å²) in [4.78, 5) is 24.8. The quantitative estimate of drug-likeness (QED) is 0.764. The molecule has 5 nitrogen and oxygen atoms in total. The van der Waals surface area contributed by atoms with Crippen molar-refractivity contribution in [3.05, 3.63) is 56.5 Å². The first kappa shape index (κ1) is 11.1. The Morgan fingerprint density at radius 1 is 1.24 bits per heavy atom. The third kappa shape index (κ3) is 1.84. The first-order valence-electron chi connectivity index (χ1n) is 4.81. The van der Waals surface area contributed by atoms with Gasteiger partial charge in [0.1, 0.15) is 5.82 Å². The monoisotopic (exact) mass is 236 g/mol. The molecule has 2 N–H and O–H groups in total. The summed E-state index contributed by atoms with van der Waals surface area (Å²) in [6.45, 7) is 1.38. The van der Waals surface area contributed by atoms with Crippen LogP contribution in [0.2, 0.25) is 0 Å². The van der Waals surface area contributed by atoms with Gasteiger partial charge < -0.3 is 5.11 Å². The van der Waals surface area contributed by atoms with E-state index in [9.17, 15) is 19.1 Å². The summed E-state index contributed by atoms with van der Waals surface area (Å²) in [5.74, 6) is -0.909. The van der Waals surface area contributed by atoms with Gasteiger partial charge in [-0.05, 0) is 31.2 Å². The first-order valence-corrected chi connectivity index (χ1v) is 4.81. The molecule has 0 radical (unpaired) electrons. The SMILES string of the molecule is Cc1c(O)n(-c2ccc(F)cc2)c(=O)[nH]c1=O. The highest BCUT2D eigenvalue weighted by molar-refractivity contribution is 5.37. The van der Waals surface area contributed by atoms with Gasteiger partial charge in [-0.2, -0.15) is 0 Å². The van der Waals surface area contributed by atoms with Crippen LogP contribution in [0.4, 0.5) is 4.39 Å². The summed E-state index contributed by atoms with van der Waals surface area (Å²) in [6.07, 6.45) is 0. The molecule has 0 atom stereocenters. The van der Waals surface area contributed by atoms with E-state index in [2.05, 4.69) is 4.98 Å². The van der Waals surface area contributed by atoms with E-state index in [0.29, 0.717) is 0 Å². The van der Waals surface area contributed by atoms with Crippen LogP contribution in [0.1, 0.15) is 5.56 Å². The number of nitrogens with one attached hydrogen (secondary N) is 1. The Balaban J connectivity index is 2.76. The van der Waals surface area contributed by atoms with E-state index in [1.54, 1.807) is 0 Å². The average molecular weight is 236 g/mol. The van der Waals surface area contributed by atoms with Gasteiger partial charge in [0, 0.05) is 0 Å². The average Bonchev–Trinajstić information content (AvgIpc) is 2.29. The molecule has 0 spiro atoms. The largest absolute Gasteiger partial charge is 0.494 e. The fourth-order valence-electron chi connectivity index (χ4n) is 1.44. The molecule has 0 bridgehead atoms. The maximum Gasteiger partial charge on any atom is 0.335 e. The molecule has 17 heavy (non-hydrogen) atoms. The van der Waals surface area contributed by atoms with Crippen LogP contribution in [0.3, 0.4) is 0 Å². The summed E-state index contributed by atoms with van der Waals surface area (Å²) in [7, 11) is 0. The molecule has 0 saturated carbocycles. The van der Waals surface area contributed by atoms with Crippen LogP contribution in [0.5, 0.6) is 5.88 Å². The second kappa shape index (κ2) is 3.89. The molecule has 1 aromatic carbocycles. The van der Waals surface area contributed by atoms with Gasteiger partial charge in [-0.15, -0.1) is 0 Å². The number of aromatic hydroxyl groups is 1. The molecule has 0 unspecified atom stereocenters. The third-order valence-electron chi connectivity index (χ3n) is 2.40. The van der Waals surface area contributed by atoms with Crippen LogP contribution < -0.4 is 11.2 Å². The van der Waals surface area contributed by atoms with Gasteiger partial charge in [-0.1, -0.05) is 0 Å². The first-order chi connectivity index (χ1) is 8.00. The lowest BCUT2D eigenvalue weighted by molar-refractivity contribution is 0.426. The Bertz CT molecular complexity index is 671. The molecule has 0 aliphatic carbocycles. The zero-order chi connectivity index (χ0) is 12.6. The Kier molecular flexibility index (Phi) is 2.55. The number of hydrogen-bond acceptors (Lipinski definition) is 3. The second-order valence-corrected chi connectivity index (χ2v) is 3.52. The van der Waals surface area contributed by atoms with E-state index in [-0.39, 0.29) is 11.3 Å². The van der Waals surface area contributed by atoms with Gasteiger partial charge in [0.15, 0.2) is 0 Å². The van der Waals surface area contributed by atoms with Gasteiger partial charge >= 0.3 is 5.69 Å². The minimum Gasteiger partial charge on any atom is -0.494 e. The van der Waals surface area contributed by atoms with Crippen molar-refractivity contribution in [1.82, 2.24) is 9.55 Å². The molecule has 0 saturated heterocycles. The van der Waals surface area contributed by atoms with Gasteiger partial charge in [-0.25, -0.2) is 13.8 Å². The van der Waals surface area contributed by atoms with Crippen LogP contribution in [0.15, 0.2) is 33.9 Å². The Hall–Kier alpha value is -2.37. The van der Waals surface area contributed by atoms with E-state index < -0.39 is 22.9 Å². The van der Waals surface area contributed by atoms with Crippen LogP contribution in [0.25, 0.3) is 5.69 Å². The predicted molar refractivity (Wildman–Crippen MR) is 59.0 cm³/mol. The molecule has 1 heterocycles. The Morgan fingerprint density at radius 3 is 2.41 bits per heavy atom. The van der Waals surface area contributed by atoms with Crippen molar-refractivity contribution in [1.29, 1.82) is 0 Å². The van der Waals surface area contributed by atoms with Crippen molar-refractivity contribution in [2.24, 2.45) is 0 Å². The predicted octanol–water partition coefficient (Wildman–Crippen LogP) is 0.679. The smallest absolute Gasteiger partial charge is 0.335 e. The second-order valence-electron chi connectivity index (χ2n) is 3.52. The van der Waals surface area contributed by atoms with Crippen molar-refractivity contribution in [2.75, 3.05) is 0 Å². The lowest BCUT2D eigenvalue weighted by atomic mass is 10.3. The van der Waals surface area contributed by atoms with Crippen LogP contribution in [-0.4, -0.2) is 14.7 Å². The highest BCUT2D eigenvalue weighted by atomic mass is 19.1. The molecule has 0 amide bonds. The zero-order valence-electron chi connectivity index (χ0n) is 8.90. The Morgan fingerprint density at radius 2 is 1.82 bits per heavy atom. The fraction of sp³-hybridized carbons (Fsp3) is 0.0909. The van der Waals surface area contributed by atoms with Gasteiger partial charge in [0.05, 0.1) is 11.3 Å².